The Balaban J connectivity index is 2.32. The molecule has 1 heterocycles. The number of anilines is 1. The number of nitrogens with two attached hydrogens (primary N) is 1. The summed E-state index contributed by atoms with van der Waals surface area (Å²) in [6.45, 7) is 3.89. The first-order valence-electron chi connectivity index (χ1n) is 4.99. The van der Waals surface area contributed by atoms with Crippen LogP contribution in [0.1, 0.15) is 11.1 Å². The van der Waals surface area contributed by atoms with Crippen molar-refractivity contribution in [2.75, 3.05) is 5.73 Å². The van der Waals surface area contributed by atoms with Crippen molar-refractivity contribution in [3.05, 3.63) is 41.6 Å². The van der Waals surface area contributed by atoms with Crippen molar-refractivity contribution in [3.63, 3.8) is 0 Å². The molecule has 1 aromatic carbocycles. The second-order valence-corrected chi connectivity index (χ2v) is 3.64. The minimum Gasteiger partial charge on any atom is -0.437 e. The van der Waals surface area contributed by atoms with Gasteiger partial charge in [0.05, 0.1) is 0 Å². The van der Waals surface area contributed by atoms with Crippen LogP contribution in [0.4, 0.5) is 5.69 Å². The van der Waals surface area contributed by atoms with E-state index in [1.807, 2.05) is 26.0 Å². The second kappa shape index (κ2) is 4.18. The van der Waals surface area contributed by atoms with Gasteiger partial charge in [-0.25, -0.2) is 0 Å². The molecule has 1 aromatic heterocycles. The maximum absolute atomic E-state index is 5.80. The summed E-state index contributed by atoms with van der Waals surface area (Å²) in [5.74, 6) is 1.24. The molecule has 0 unspecified atom stereocenters. The Morgan fingerprint density at radius 2 is 2.00 bits per heavy atom. The maximum Gasteiger partial charge on any atom is 0.238 e. The predicted molar refractivity (Wildman–Crippen MR) is 62.4 cm³/mol. The lowest BCUT2D eigenvalue weighted by Crippen LogP contribution is -1.95. The molecule has 0 saturated heterocycles. The summed E-state index contributed by atoms with van der Waals surface area (Å²) in [5, 5.41) is 7.61. The lowest BCUT2D eigenvalue weighted by atomic mass is 10.1. The van der Waals surface area contributed by atoms with Gasteiger partial charge in [-0.15, -0.1) is 5.10 Å². The first kappa shape index (κ1) is 10.4. The Bertz CT molecular complexity index is 497. The van der Waals surface area contributed by atoms with Gasteiger partial charge in [0.15, 0.2) is 0 Å². The Morgan fingerprint density at radius 3 is 2.69 bits per heavy atom. The van der Waals surface area contributed by atoms with Gasteiger partial charge in [0.25, 0.3) is 0 Å². The highest BCUT2D eigenvalue weighted by atomic mass is 16.5. The number of benzene rings is 1. The molecule has 0 aliphatic rings. The van der Waals surface area contributed by atoms with Crippen LogP contribution in [0.15, 0.2) is 30.5 Å². The first-order chi connectivity index (χ1) is 7.66. The van der Waals surface area contributed by atoms with Gasteiger partial charge in [-0.1, -0.05) is 0 Å². The van der Waals surface area contributed by atoms with Gasteiger partial charge in [-0.3, -0.25) is 0 Å². The minimum absolute atomic E-state index is 0.481. The number of aryl methyl sites for hydroxylation is 2. The van der Waals surface area contributed by atoms with E-state index in [2.05, 4.69) is 10.2 Å². The third-order valence-electron chi connectivity index (χ3n) is 2.33. The first-order valence-corrected chi connectivity index (χ1v) is 4.99. The standard InChI is InChI=1S/C12H13N3O/c1-8-7-11(9(2)6-10(8)13)16-12-4-3-5-14-15-12/h3-7H,13H2,1-2H3. The molecule has 0 bridgehead atoms. The molecule has 82 valence electrons. The summed E-state index contributed by atoms with van der Waals surface area (Å²) in [4.78, 5) is 0. The zero-order chi connectivity index (χ0) is 11.5. The average molecular weight is 215 g/mol. The van der Waals surface area contributed by atoms with Crippen LogP contribution < -0.4 is 10.5 Å². The third-order valence-corrected chi connectivity index (χ3v) is 2.33. The van der Waals surface area contributed by atoms with Crippen molar-refractivity contribution >= 4 is 5.69 Å². The molecule has 0 aliphatic heterocycles. The van der Waals surface area contributed by atoms with Gasteiger partial charge in [0.1, 0.15) is 5.75 Å². The van der Waals surface area contributed by atoms with Crippen molar-refractivity contribution in [2.24, 2.45) is 0 Å². The summed E-state index contributed by atoms with van der Waals surface area (Å²) < 4.78 is 5.62. The van der Waals surface area contributed by atoms with Crippen LogP contribution in [0, 0.1) is 13.8 Å². The van der Waals surface area contributed by atoms with Crippen LogP contribution in [0.5, 0.6) is 11.6 Å². The molecule has 2 aromatic rings. The number of nitrogens with zero attached hydrogens (tertiary/aromatic N) is 2. The Morgan fingerprint density at radius 1 is 1.19 bits per heavy atom. The highest BCUT2D eigenvalue weighted by Gasteiger charge is 2.05. The van der Waals surface area contributed by atoms with Gasteiger partial charge in [-0.05, 0) is 43.2 Å². The summed E-state index contributed by atoms with van der Waals surface area (Å²) in [6.07, 6.45) is 1.61. The van der Waals surface area contributed by atoms with Crippen LogP contribution in [0.25, 0.3) is 0 Å². The maximum atomic E-state index is 5.80. The highest BCUT2D eigenvalue weighted by Crippen LogP contribution is 2.27. The van der Waals surface area contributed by atoms with E-state index in [0.717, 1.165) is 22.6 Å². The number of nitrogen functional groups attached to an aromatic ring is 1. The zero-order valence-electron chi connectivity index (χ0n) is 9.27. The summed E-state index contributed by atoms with van der Waals surface area (Å²) >= 11 is 0. The third kappa shape index (κ3) is 2.11. The lowest BCUT2D eigenvalue weighted by Gasteiger charge is -2.09. The number of hydrogen-bond acceptors (Lipinski definition) is 4. The molecule has 2 rings (SSSR count). The fourth-order valence-corrected chi connectivity index (χ4v) is 1.38. The van der Waals surface area contributed by atoms with E-state index in [1.54, 1.807) is 18.3 Å². The topological polar surface area (TPSA) is 61.0 Å². The molecule has 0 saturated carbocycles. The van der Waals surface area contributed by atoms with Crippen molar-refractivity contribution in [3.8, 4) is 11.6 Å². The van der Waals surface area contributed by atoms with E-state index in [4.69, 9.17) is 10.5 Å². The van der Waals surface area contributed by atoms with E-state index in [-0.39, 0.29) is 0 Å². The normalized spacial score (nSPS) is 10.1. The fraction of sp³-hybridized carbons (Fsp3) is 0.167. The van der Waals surface area contributed by atoms with Crippen LogP contribution in [0.3, 0.4) is 0 Å². The zero-order valence-corrected chi connectivity index (χ0v) is 9.27. The van der Waals surface area contributed by atoms with Crippen molar-refractivity contribution in [1.82, 2.24) is 10.2 Å². The highest BCUT2D eigenvalue weighted by molar-refractivity contribution is 5.54. The molecule has 0 fully saturated rings. The number of aromatic nitrogens is 2. The monoisotopic (exact) mass is 215 g/mol. The van der Waals surface area contributed by atoms with E-state index < -0.39 is 0 Å². The predicted octanol–water partition coefficient (Wildman–Crippen LogP) is 2.47. The SMILES string of the molecule is Cc1cc(Oc2cccnn2)c(C)cc1N. The Hall–Kier alpha value is -2.10. The largest absolute Gasteiger partial charge is 0.437 e. The molecule has 2 N–H and O–H groups in total. The van der Waals surface area contributed by atoms with Crippen LogP contribution in [-0.4, -0.2) is 10.2 Å². The smallest absolute Gasteiger partial charge is 0.238 e. The Labute approximate surface area is 94.1 Å². The summed E-state index contributed by atoms with van der Waals surface area (Å²) in [6, 6.07) is 7.33. The number of rotatable bonds is 2. The van der Waals surface area contributed by atoms with E-state index >= 15 is 0 Å². The van der Waals surface area contributed by atoms with E-state index in [1.165, 1.54) is 0 Å². The molecular weight excluding hydrogens is 202 g/mol. The molecule has 0 spiro atoms. The lowest BCUT2D eigenvalue weighted by molar-refractivity contribution is 0.451. The quantitative estimate of drug-likeness (QED) is 0.782. The van der Waals surface area contributed by atoms with Gasteiger partial charge < -0.3 is 10.5 Å². The van der Waals surface area contributed by atoms with Crippen molar-refractivity contribution < 1.29 is 4.74 Å². The molecule has 4 heteroatoms. The number of ether oxygens (including phenoxy) is 1. The Kier molecular flexibility index (Phi) is 2.72. The molecule has 0 aliphatic carbocycles. The molecule has 0 radical (unpaired) electrons. The minimum atomic E-state index is 0.481. The fourth-order valence-electron chi connectivity index (χ4n) is 1.38. The molecule has 0 atom stereocenters. The van der Waals surface area contributed by atoms with Gasteiger partial charge in [-0.2, -0.15) is 5.10 Å². The number of hydrogen-bond donors (Lipinski definition) is 1. The second-order valence-electron chi connectivity index (χ2n) is 3.64. The van der Waals surface area contributed by atoms with Crippen molar-refractivity contribution in [2.45, 2.75) is 13.8 Å². The molecule has 16 heavy (non-hydrogen) atoms. The average Bonchev–Trinajstić information content (AvgIpc) is 2.27. The van der Waals surface area contributed by atoms with Crippen molar-refractivity contribution in [1.29, 1.82) is 0 Å². The van der Waals surface area contributed by atoms with Gasteiger partial charge in [0, 0.05) is 18.0 Å². The van der Waals surface area contributed by atoms with Crippen LogP contribution in [0.2, 0.25) is 0 Å². The van der Waals surface area contributed by atoms with E-state index in [9.17, 15) is 0 Å². The molecule has 0 amide bonds. The molecular formula is C12H13N3O. The molecule has 4 nitrogen and oxygen atoms in total. The van der Waals surface area contributed by atoms with Gasteiger partial charge >= 0.3 is 0 Å². The van der Waals surface area contributed by atoms with E-state index in [0.29, 0.717) is 5.88 Å². The summed E-state index contributed by atoms with van der Waals surface area (Å²) in [5.41, 5.74) is 8.54. The van der Waals surface area contributed by atoms with Gasteiger partial charge in [0.2, 0.25) is 5.88 Å². The van der Waals surface area contributed by atoms with Crippen LogP contribution in [-0.2, 0) is 0 Å². The van der Waals surface area contributed by atoms with Crippen LogP contribution >= 0.6 is 0 Å². The summed E-state index contributed by atoms with van der Waals surface area (Å²) in [7, 11) is 0.